The third-order valence-corrected chi connectivity index (χ3v) is 3.12. The second-order valence-electron chi connectivity index (χ2n) is 3.81. The van der Waals surface area contributed by atoms with E-state index in [4.69, 9.17) is 4.74 Å². The summed E-state index contributed by atoms with van der Waals surface area (Å²) in [6.45, 7) is 5.21. The fourth-order valence-corrected chi connectivity index (χ4v) is 2.09. The van der Waals surface area contributed by atoms with Gasteiger partial charge < -0.3 is 4.74 Å². The van der Waals surface area contributed by atoms with Crippen molar-refractivity contribution in [3.05, 3.63) is 22.4 Å². The van der Waals surface area contributed by atoms with Crippen LogP contribution in [0.4, 0.5) is 0 Å². The number of ketones is 1. The van der Waals surface area contributed by atoms with Crippen molar-refractivity contribution in [3.8, 4) is 0 Å². The fourth-order valence-electron chi connectivity index (χ4n) is 1.44. The molecule has 0 aromatic carbocycles. The third kappa shape index (κ3) is 4.58. The third-order valence-electron chi connectivity index (χ3n) is 2.21. The number of thiophene rings is 1. The summed E-state index contributed by atoms with van der Waals surface area (Å²) in [7, 11) is 0. The van der Waals surface area contributed by atoms with E-state index < -0.39 is 0 Å². The Labute approximate surface area is 95.3 Å². The predicted octanol–water partition coefficient (Wildman–Crippen LogP) is 3.38. The van der Waals surface area contributed by atoms with Crippen LogP contribution in [0.3, 0.4) is 0 Å². The average Bonchev–Trinajstić information content (AvgIpc) is 2.70. The normalized spacial score (nSPS) is 12.7. The van der Waals surface area contributed by atoms with Crippen LogP contribution in [-0.4, -0.2) is 19.0 Å². The molecule has 0 fully saturated rings. The average molecular weight is 226 g/mol. The number of hydrogen-bond donors (Lipinski definition) is 0. The Morgan fingerprint density at radius 1 is 1.60 bits per heavy atom. The first kappa shape index (κ1) is 12.4. The van der Waals surface area contributed by atoms with Crippen LogP contribution in [0.25, 0.3) is 0 Å². The number of hydrogen-bond acceptors (Lipinski definition) is 3. The smallest absolute Gasteiger partial charge is 0.198 e. The second-order valence-corrected chi connectivity index (χ2v) is 4.76. The van der Waals surface area contributed by atoms with E-state index in [-0.39, 0.29) is 12.4 Å². The summed E-state index contributed by atoms with van der Waals surface area (Å²) in [4.78, 5) is 12.3. The fraction of sp³-hybridized carbons (Fsp3) is 0.583. The lowest BCUT2D eigenvalue weighted by Crippen LogP contribution is -2.12. The molecule has 1 heterocycles. The van der Waals surface area contributed by atoms with Gasteiger partial charge in [-0.05, 0) is 23.8 Å². The van der Waals surface area contributed by atoms with Gasteiger partial charge in [0, 0.05) is 6.61 Å². The quantitative estimate of drug-likeness (QED) is 0.666. The Balaban J connectivity index is 2.18. The molecule has 1 atom stereocenters. The van der Waals surface area contributed by atoms with Crippen LogP contribution in [0.5, 0.6) is 0 Å². The minimum absolute atomic E-state index is 0.0914. The summed E-state index contributed by atoms with van der Waals surface area (Å²) < 4.78 is 5.39. The zero-order valence-corrected chi connectivity index (χ0v) is 10.2. The molecule has 0 saturated heterocycles. The van der Waals surface area contributed by atoms with E-state index >= 15 is 0 Å². The molecule has 0 spiro atoms. The first-order chi connectivity index (χ1) is 7.24. The van der Waals surface area contributed by atoms with Crippen LogP contribution >= 0.6 is 11.3 Å². The summed E-state index contributed by atoms with van der Waals surface area (Å²) in [5.74, 6) is 0.639. The van der Waals surface area contributed by atoms with Crippen LogP contribution < -0.4 is 0 Å². The van der Waals surface area contributed by atoms with Crippen LogP contribution in [-0.2, 0) is 4.74 Å². The van der Waals surface area contributed by atoms with E-state index in [0.29, 0.717) is 12.5 Å². The molecule has 0 amide bonds. The SMILES string of the molecule is CCCC(C)COCC(=O)c1cccs1. The summed E-state index contributed by atoms with van der Waals surface area (Å²) in [5.41, 5.74) is 0. The molecule has 0 saturated carbocycles. The van der Waals surface area contributed by atoms with Crippen molar-refractivity contribution < 1.29 is 9.53 Å². The van der Waals surface area contributed by atoms with E-state index in [1.807, 2.05) is 17.5 Å². The van der Waals surface area contributed by atoms with Gasteiger partial charge in [-0.3, -0.25) is 4.79 Å². The van der Waals surface area contributed by atoms with E-state index in [9.17, 15) is 4.79 Å². The molecule has 84 valence electrons. The number of carbonyl (C=O) groups is 1. The van der Waals surface area contributed by atoms with Crippen molar-refractivity contribution in [2.75, 3.05) is 13.2 Å². The van der Waals surface area contributed by atoms with Gasteiger partial charge in [-0.25, -0.2) is 0 Å². The molecule has 0 N–H and O–H groups in total. The lowest BCUT2D eigenvalue weighted by atomic mass is 10.1. The lowest BCUT2D eigenvalue weighted by molar-refractivity contribution is 0.0687. The van der Waals surface area contributed by atoms with Gasteiger partial charge in [-0.1, -0.05) is 26.3 Å². The Morgan fingerprint density at radius 2 is 2.40 bits per heavy atom. The molecule has 1 aromatic rings. The van der Waals surface area contributed by atoms with E-state index in [0.717, 1.165) is 11.3 Å². The summed E-state index contributed by atoms with van der Waals surface area (Å²) in [5, 5.41) is 1.91. The van der Waals surface area contributed by atoms with Gasteiger partial charge >= 0.3 is 0 Å². The van der Waals surface area contributed by atoms with Gasteiger partial charge in [0.15, 0.2) is 5.78 Å². The van der Waals surface area contributed by atoms with Crippen LogP contribution in [0.1, 0.15) is 36.4 Å². The highest BCUT2D eigenvalue weighted by molar-refractivity contribution is 7.12. The highest BCUT2D eigenvalue weighted by atomic mass is 32.1. The standard InChI is InChI=1S/C12H18O2S/c1-3-5-10(2)8-14-9-11(13)12-6-4-7-15-12/h4,6-7,10H,3,5,8-9H2,1-2H3. The highest BCUT2D eigenvalue weighted by Gasteiger charge is 2.07. The van der Waals surface area contributed by atoms with Crippen molar-refractivity contribution in [2.45, 2.75) is 26.7 Å². The zero-order chi connectivity index (χ0) is 11.1. The molecule has 3 heteroatoms. The van der Waals surface area contributed by atoms with Crippen LogP contribution in [0, 0.1) is 5.92 Å². The monoisotopic (exact) mass is 226 g/mol. The van der Waals surface area contributed by atoms with Crippen molar-refractivity contribution in [1.82, 2.24) is 0 Å². The maximum Gasteiger partial charge on any atom is 0.198 e. The van der Waals surface area contributed by atoms with Crippen LogP contribution in [0.15, 0.2) is 17.5 Å². The maximum absolute atomic E-state index is 11.5. The number of ether oxygens (including phenoxy) is 1. The molecule has 0 aliphatic carbocycles. The topological polar surface area (TPSA) is 26.3 Å². The maximum atomic E-state index is 11.5. The van der Waals surface area contributed by atoms with Crippen LogP contribution in [0.2, 0.25) is 0 Å². The first-order valence-corrected chi connectivity index (χ1v) is 6.26. The Kier molecular flexibility index (Phi) is 5.58. The predicted molar refractivity (Wildman–Crippen MR) is 63.5 cm³/mol. The molecule has 1 rings (SSSR count). The molecule has 0 aliphatic heterocycles. The molecule has 0 bridgehead atoms. The largest absolute Gasteiger partial charge is 0.373 e. The first-order valence-electron chi connectivity index (χ1n) is 5.38. The van der Waals surface area contributed by atoms with Crippen molar-refractivity contribution >= 4 is 17.1 Å². The molecule has 0 aliphatic rings. The van der Waals surface area contributed by atoms with Crippen molar-refractivity contribution in [1.29, 1.82) is 0 Å². The van der Waals surface area contributed by atoms with Gasteiger partial charge in [0.2, 0.25) is 0 Å². The van der Waals surface area contributed by atoms with Crippen molar-refractivity contribution in [3.63, 3.8) is 0 Å². The van der Waals surface area contributed by atoms with Gasteiger partial charge in [0.25, 0.3) is 0 Å². The Hall–Kier alpha value is -0.670. The van der Waals surface area contributed by atoms with Gasteiger partial charge in [0.05, 0.1) is 4.88 Å². The molecule has 1 unspecified atom stereocenters. The Bertz CT molecular complexity index is 280. The summed E-state index contributed by atoms with van der Waals surface area (Å²) >= 11 is 1.47. The lowest BCUT2D eigenvalue weighted by Gasteiger charge is -2.09. The second kappa shape index (κ2) is 6.75. The molecule has 0 radical (unpaired) electrons. The van der Waals surface area contributed by atoms with E-state index in [1.165, 1.54) is 17.8 Å². The van der Waals surface area contributed by atoms with E-state index in [2.05, 4.69) is 13.8 Å². The number of carbonyl (C=O) groups excluding carboxylic acids is 1. The van der Waals surface area contributed by atoms with Crippen molar-refractivity contribution in [2.24, 2.45) is 5.92 Å². The van der Waals surface area contributed by atoms with Gasteiger partial charge in [-0.15, -0.1) is 11.3 Å². The summed E-state index contributed by atoms with van der Waals surface area (Å²) in [6, 6.07) is 3.73. The number of Topliss-reactive ketones (excluding diaryl/α,β-unsaturated/α-hetero) is 1. The molecule has 2 nitrogen and oxygen atoms in total. The Morgan fingerprint density at radius 3 is 3.00 bits per heavy atom. The summed E-state index contributed by atoms with van der Waals surface area (Å²) in [6.07, 6.45) is 2.33. The van der Waals surface area contributed by atoms with Gasteiger partial charge in [-0.2, -0.15) is 0 Å². The minimum Gasteiger partial charge on any atom is -0.373 e. The molecule has 1 aromatic heterocycles. The molecule has 15 heavy (non-hydrogen) atoms. The zero-order valence-electron chi connectivity index (χ0n) is 9.36. The molecular weight excluding hydrogens is 208 g/mol. The molecular formula is C12H18O2S. The highest BCUT2D eigenvalue weighted by Crippen LogP contribution is 2.10. The van der Waals surface area contributed by atoms with E-state index in [1.54, 1.807) is 0 Å². The minimum atomic E-state index is 0.0914. The van der Waals surface area contributed by atoms with Gasteiger partial charge in [0.1, 0.15) is 6.61 Å². The number of rotatable bonds is 7.